The Bertz CT molecular complexity index is 1480. The van der Waals surface area contributed by atoms with Crippen LogP contribution in [0.15, 0.2) is 59.3 Å². The molecule has 42 heavy (non-hydrogen) atoms. The molecule has 0 aliphatic rings. The third-order valence-corrected chi connectivity index (χ3v) is 8.03. The van der Waals surface area contributed by atoms with Gasteiger partial charge < -0.3 is 20.1 Å². The van der Waals surface area contributed by atoms with Crippen molar-refractivity contribution in [3.8, 4) is 22.3 Å². The first-order valence-corrected chi connectivity index (χ1v) is 14.5. The second kappa shape index (κ2) is 14.0. The molecule has 0 saturated carbocycles. The number of halogens is 2. The molecule has 0 saturated heterocycles. The van der Waals surface area contributed by atoms with E-state index in [9.17, 15) is 28.0 Å². The molecular formula is C30H26F2N2O6S2. The van der Waals surface area contributed by atoms with E-state index in [1.165, 1.54) is 62.8 Å². The fourth-order valence-electron chi connectivity index (χ4n) is 4.14. The van der Waals surface area contributed by atoms with E-state index in [4.69, 9.17) is 9.47 Å². The van der Waals surface area contributed by atoms with E-state index in [-0.39, 0.29) is 35.8 Å². The average molecular weight is 613 g/mol. The van der Waals surface area contributed by atoms with Crippen molar-refractivity contribution >= 4 is 56.4 Å². The Balaban J connectivity index is 1.33. The number of methoxy groups -OCH3 is 2. The van der Waals surface area contributed by atoms with Gasteiger partial charge in [-0.05, 0) is 48.2 Å². The molecule has 0 atom stereocenters. The standard InChI is InChI=1S/C30H26F2N2O6S2/c1-39-29(37)25-21(17-7-11-19(31)12-8-17)15-41-27(25)33-23(35)5-3-4-6-24(36)34-28-26(30(38)40-2)22(16-42-28)18-9-13-20(32)14-10-18/h7-16H,3-6H2,1-2H3,(H,33,35)(H,34,36). The maximum atomic E-state index is 13.4. The van der Waals surface area contributed by atoms with Crippen LogP contribution in [0.1, 0.15) is 46.4 Å². The predicted molar refractivity (Wildman–Crippen MR) is 158 cm³/mol. The predicted octanol–water partition coefficient (Wildman–Crippen LogP) is 7.13. The molecule has 2 aromatic heterocycles. The molecule has 0 fully saturated rings. The van der Waals surface area contributed by atoms with Gasteiger partial charge in [-0.15, -0.1) is 22.7 Å². The summed E-state index contributed by atoms with van der Waals surface area (Å²) >= 11 is 2.31. The van der Waals surface area contributed by atoms with Crippen LogP contribution in [0.3, 0.4) is 0 Å². The highest BCUT2D eigenvalue weighted by atomic mass is 32.1. The van der Waals surface area contributed by atoms with Gasteiger partial charge in [0.2, 0.25) is 11.8 Å². The molecule has 4 aromatic rings. The number of thiophene rings is 2. The molecule has 0 radical (unpaired) electrons. The Labute approximate surface area is 248 Å². The van der Waals surface area contributed by atoms with Gasteiger partial charge in [-0.1, -0.05) is 24.3 Å². The summed E-state index contributed by atoms with van der Waals surface area (Å²) in [7, 11) is 2.47. The van der Waals surface area contributed by atoms with Crippen LogP contribution in [0.5, 0.6) is 0 Å². The number of ether oxygens (including phenoxy) is 2. The van der Waals surface area contributed by atoms with Crippen LogP contribution in [0.4, 0.5) is 18.8 Å². The molecule has 8 nitrogen and oxygen atoms in total. The number of hydrogen-bond donors (Lipinski definition) is 2. The lowest BCUT2D eigenvalue weighted by molar-refractivity contribution is -0.118. The second-order valence-electron chi connectivity index (χ2n) is 9.01. The first-order valence-electron chi connectivity index (χ1n) is 12.7. The molecule has 4 rings (SSSR count). The number of amides is 2. The SMILES string of the molecule is COC(=O)c1c(-c2ccc(F)cc2)csc1NC(=O)CCCCC(=O)Nc1scc(-c2ccc(F)cc2)c1C(=O)OC. The molecule has 2 N–H and O–H groups in total. The number of unbranched alkanes of at least 4 members (excludes halogenated alkanes) is 1. The summed E-state index contributed by atoms with van der Waals surface area (Å²) in [5, 5.41) is 9.47. The Hall–Kier alpha value is -4.42. The molecule has 2 amide bonds. The van der Waals surface area contributed by atoms with E-state index in [1.807, 2.05) is 0 Å². The number of anilines is 2. The Kier molecular flexibility index (Phi) is 10.2. The Morgan fingerprint density at radius 2 is 1.00 bits per heavy atom. The highest BCUT2D eigenvalue weighted by Crippen LogP contribution is 2.37. The molecule has 2 heterocycles. The van der Waals surface area contributed by atoms with Crippen molar-refractivity contribution in [2.75, 3.05) is 24.9 Å². The third kappa shape index (κ3) is 7.25. The minimum atomic E-state index is -0.634. The molecule has 218 valence electrons. The van der Waals surface area contributed by atoms with Crippen molar-refractivity contribution in [3.63, 3.8) is 0 Å². The van der Waals surface area contributed by atoms with E-state index in [0.717, 1.165) is 22.7 Å². The fourth-order valence-corrected chi connectivity index (χ4v) is 6.09. The van der Waals surface area contributed by atoms with Gasteiger partial charge in [-0.25, -0.2) is 18.4 Å². The second-order valence-corrected chi connectivity index (χ2v) is 10.8. The van der Waals surface area contributed by atoms with Crippen molar-refractivity contribution in [1.82, 2.24) is 0 Å². The van der Waals surface area contributed by atoms with E-state index in [1.54, 1.807) is 10.8 Å². The fraction of sp³-hybridized carbons (Fsp3) is 0.200. The number of esters is 2. The van der Waals surface area contributed by atoms with Crippen LogP contribution in [-0.4, -0.2) is 38.0 Å². The topological polar surface area (TPSA) is 111 Å². The lowest BCUT2D eigenvalue weighted by Crippen LogP contribution is -2.15. The quantitative estimate of drug-likeness (QED) is 0.138. The molecule has 0 unspecified atom stereocenters. The number of carbonyl (C=O) groups excluding carboxylic acids is 4. The van der Waals surface area contributed by atoms with Crippen LogP contribution >= 0.6 is 22.7 Å². The van der Waals surface area contributed by atoms with Crippen LogP contribution in [0, 0.1) is 11.6 Å². The molecule has 0 aliphatic heterocycles. The van der Waals surface area contributed by atoms with Gasteiger partial charge in [0.25, 0.3) is 0 Å². The van der Waals surface area contributed by atoms with E-state index in [0.29, 0.717) is 45.1 Å². The molecule has 0 aliphatic carbocycles. The van der Waals surface area contributed by atoms with Crippen molar-refractivity contribution in [2.45, 2.75) is 25.7 Å². The van der Waals surface area contributed by atoms with Crippen LogP contribution < -0.4 is 10.6 Å². The Morgan fingerprint density at radius 1 is 0.643 bits per heavy atom. The zero-order valence-corrected chi connectivity index (χ0v) is 24.3. The van der Waals surface area contributed by atoms with Gasteiger partial charge in [0.1, 0.15) is 32.8 Å². The maximum Gasteiger partial charge on any atom is 0.341 e. The number of benzene rings is 2. The summed E-state index contributed by atoms with van der Waals surface area (Å²) in [4.78, 5) is 50.2. The highest BCUT2D eigenvalue weighted by molar-refractivity contribution is 7.15. The van der Waals surface area contributed by atoms with Gasteiger partial charge in [0.15, 0.2) is 0 Å². The monoisotopic (exact) mass is 612 g/mol. The molecule has 0 bridgehead atoms. The van der Waals surface area contributed by atoms with Gasteiger partial charge in [0, 0.05) is 34.7 Å². The summed E-state index contributed by atoms with van der Waals surface area (Å²) in [6.45, 7) is 0. The summed E-state index contributed by atoms with van der Waals surface area (Å²) in [5.41, 5.74) is 2.59. The zero-order chi connectivity index (χ0) is 30.2. The van der Waals surface area contributed by atoms with E-state index >= 15 is 0 Å². The first kappa shape index (κ1) is 30.5. The molecule has 2 aromatic carbocycles. The average Bonchev–Trinajstić information content (AvgIpc) is 3.59. The van der Waals surface area contributed by atoms with Crippen molar-refractivity contribution in [1.29, 1.82) is 0 Å². The van der Waals surface area contributed by atoms with Gasteiger partial charge in [0.05, 0.1) is 14.2 Å². The molecular weight excluding hydrogens is 586 g/mol. The Morgan fingerprint density at radius 3 is 1.33 bits per heavy atom. The molecule has 0 spiro atoms. The van der Waals surface area contributed by atoms with E-state index in [2.05, 4.69) is 10.6 Å². The normalized spacial score (nSPS) is 10.7. The zero-order valence-electron chi connectivity index (χ0n) is 22.6. The summed E-state index contributed by atoms with van der Waals surface area (Å²) in [6.07, 6.45) is 0.966. The smallest absolute Gasteiger partial charge is 0.341 e. The first-order chi connectivity index (χ1) is 20.2. The van der Waals surface area contributed by atoms with Crippen LogP contribution in [0.25, 0.3) is 22.3 Å². The molecule has 12 heteroatoms. The lowest BCUT2D eigenvalue weighted by Gasteiger charge is -2.09. The number of nitrogens with one attached hydrogen (secondary N) is 2. The van der Waals surface area contributed by atoms with Crippen molar-refractivity contribution in [2.24, 2.45) is 0 Å². The number of rotatable bonds is 11. The summed E-state index contributed by atoms with van der Waals surface area (Å²) in [5.74, 6) is -2.78. The largest absolute Gasteiger partial charge is 0.465 e. The van der Waals surface area contributed by atoms with Crippen molar-refractivity contribution in [3.05, 3.63) is 82.1 Å². The van der Waals surface area contributed by atoms with Gasteiger partial charge >= 0.3 is 11.9 Å². The summed E-state index contributed by atoms with van der Waals surface area (Å²) in [6, 6.07) is 11.3. The number of carbonyl (C=O) groups is 4. The van der Waals surface area contributed by atoms with E-state index < -0.39 is 23.6 Å². The third-order valence-electron chi connectivity index (χ3n) is 6.24. The van der Waals surface area contributed by atoms with Gasteiger partial charge in [-0.3, -0.25) is 9.59 Å². The van der Waals surface area contributed by atoms with Crippen molar-refractivity contribution < 1.29 is 37.4 Å². The van der Waals surface area contributed by atoms with Gasteiger partial charge in [-0.2, -0.15) is 0 Å². The maximum absolute atomic E-state index is 13.4. The van der Waals surface area contributed by atoms with Crippen LogP contribution in [-0.2, 0) is 19.1 Å². The lowest BCUT2D eigenvalue weighted by atomic mass is 10.0. The summed E-state index contributed by atoms with van der Waals surface area (Å²) < 4.78 is 36.5. The highest BCUT2D eigenvalue weighted by Gasteiger charge is 2.24. The number of hydrogen-bond acceptors (Lipinski definition) is 8. The minimum Gasteiger partial charge on any atom is -0.465 e. The van der Waals surface area contributed by atoms with Crippen LogP contribution in [0.2, 0.25) is 0 Å². The minimum absolute atomic E-state index is 0.0960.